The van der Waals surface area contributed by atoms with Crippen LogP contribution in [0.5, 0.6) is 5.75 Å². The molecule has 142 valence electrons. The molecule has 0 aromatic heterocycles. The van der Waals surface area contributed by atoms with Crippen LogP contribution < -0.4 is 10.1 Å². The summed E-state index contributed by atoms with van der Waals surface area (Å²) in [5.41, 5.74) is 6.49. The second kappa shape index (κ2) is 8.25. The zero-order valence-electron chi connectivity index (χ0n) is 16.1. The molecule has 0 atom stereocenters. The van der Waals surface area contributed by atoms with Gasteiger partial charge < -0.3 is 14.8 Å². The van der Waals surface area contributed by atoms with Crippen molar-refractivity contribution in [1.29, 1.82) is 0 Å². The van der Waals surface area contributed by atoms with Crippen LogP contribution in [-0.4, -0.2) is 25.1 Å². The Bertz CT molecular complexity index is 850. The topological polar surface area (TPSA) is 64.6 Å². The van der Waals surface area contributed by atoms with Crippen LogP contribution in [0.2, 0.25) is 0 Å². The van der Waals surface area contributed by atoms with Crippen molar-refractivity contribution in [2.24, 2.45) is 0 Å². The highest BCUT2D eigenvalue weighted by Crippen LogP contribution is 2.26. The standard InChI is InChI=1S/C22H25NO4/c1-14-9-15(2)22(16(3)10-14)23-20(24)12-27-21(25)13-26-19-8-7-17-5-4-6-18(17)11-19/h7-11H,4-6,12-13H2,1-3H3,(H,23,24). The number of aryl methyl sites for hydroxylation is 5. The maximum atomic E-state index is 12.1. The Balaban J connectivity index is 1.46. The highest BCUT2D eigenvalue weighted by Gasteiger charge is 2.14. The summed E-state index contributed by atoms with van der Waals surface area (Å²) in [4.78, 5) is 23.9. The number of benzene rings is 2. The zero-order chi connectivity index (χ0) is 19.4. The van der Waals surface area contributed by atoms with Crippen LogP contribution in [0.4, 0.5) is 5.69 Å². The van der Waals surface area contributed by atoms with Crippen molar-refractivity contribution in [1.82, 2.24) is 0 Å². The van der Waals surface area contributed by atoms with Gasteiger partial charge in [0.1, 0.15) is 5.75 Å². The Labute approximate surface area is 159 Å². The molecule has 3 rings (SSSR count). The molecule has 0 bridgehead atoms. The van der Waals surface area contributed by atoms with Gasteiger partial charge in [-0.3, -0.25) is 4.79 Å². The molecule has 0 radical (unpaired) electrons. The first kappa shape index (κ1) is 19.0. The van der Waals surface area contributed by atoms with Crippen molar-refractivity contribution in [3.8, 4) is 5.75 Å². The van der Waals surface area contributed by atoms with Gasteiger partial charge in [0.25, 0.3) is 5.91 Å². The van der Waals surface area contributed by atoms with E-state index in [9.17, 15) is 9.59 Å². The SMILES string of the molecule is Cc1cc(C)c(NC(=O)COC(=O)COc2ccc3c(c2)CCC3)c(C)c1. The van der Waals surface area contributed by atoms with Gasteiger partial charge in [0.05, 0.1) is 0 Å². The van der Waals surface area contributed by atoms with Gasteiger partial charge in [0.2, 0.25) is 0 Å². The molecule has 0 fully saturated rings. The molecule has 1 amide bonds. The molecule has 0 saturated heterocycles. The minimum Gasteiger partial charge on any atom is -0.482 e. The Hall–Kier alpha value is -2.82. The van der Waals surface area contributed by atoms with Crippen molar-refractivity contribution >= 4 is 17.6 Å². The third kappa shape index (κ3) is 4.88. The van der Waals surface area contributed by atoms with Crippen LogP contribution in [0.3, 0.4) is 0 Å². The quantitative estimate of drug-likeness (QED) is 0.792. The summed E-state index contributed by atoms with van der Waals surface area (Å²) in [6, 6.07) is 9.89. The largest absolute Gasteiger partial charge is 0.482 e. The number of rotatable bonds is 6. The van der Waals surface area contributed by atoms with Crippen LogP contribution >= 0.6 is 0 Å². The van der Waals surface area contributed by atoms with Gasteiger partial charge in [0, 0.05) is 5.69 Å². The van der Waals surface area contributed by atoms with Gasteiger partial charge in [-0.1, -0.05) is 23.8 Å². The van der Waals surface area contributed by atoms with E-state index in [4.69, 9.17) is 9.47 Å². The lowest BCUT2D eigenvalue weighted by Gasteiger charge is -2.13. The lowest BCUT2D eigenvalue weighted by atomic mass is 10.1. The average Bonchev–Trinajstić information content (AvgIpc) is 3.09. The summed E-state index contributed by atoms with van der Waals surface area (Å²) in [6.45, 7) is 5.33. The fourth-order valence-corrected chi connectivity index (χ4v) is 3.52. The van der Waals surface area contributed by atoms with E-state index in [2.05, 4.69) is 5.32 Å². The maximum absolute atomic E-state index is 12.1. The van der Waals surface area contributed by atoms with Gasteiger partial charge in [-0.05, 0) is 74.4 Å². The van der Waals surface area contributed by atoms with Crippen molar-refractivity contribution < 1.29 is 19.1 Å². The number of nitrogens with one attached hydrogen (secondary N) is 1. The molecule has 2 aromatic carbocycles. The number of carbonyl (C=O) groups excluding carboxylic acids is 2. The second-order valence-corrected chi connectivity index (χ2v) is 7.06. The zero-order valence-corrected chi connectivity index (χ0v) is 16.1. The van der Waals surface area contributed by atoms with E-state index in [0.29, 0.717) is 5.75 Å². The van der Waals surface area contributed by atoms with Crippen LogP contribution in [0.1, 0.15) is 34.2 Å². The molecule has 1 aliphatic carbocycles. The molecular formula is C22H25NO4. The van der Waals surface area contributed by atoms with Crippen molar-refractivity contribution in [3.63, 3.8) is 0 Å². The fraction of sp³-hybridized carbons (Fsp3) is 0.364. The number of carbonyl (C=O) groups is 2. The molecule has 0 heterocycles. The molecule has 5 heteroatoms. The number of hydrogen-bond donors (Lipinski definition) is 1. The van der Waals surface area contributed by atoms with Crippen LogP contribution in [0.15, 0.2) is 30.3 Å². The predicted molar refractivity (Wildman–Crippen MR) is 104 cm³/mol. The lowest BCUT2D eigenvalue weighted by molar-refractivity contribution is -0.149. The predicted octanol–water partition coefficient (Wildman–Crippen LogP) is 3.66. The van der Waals surface area contributed by atoms with E-state index in [-0.39, 0.29) is 19.1 Å². The van der Waals surface area contributed by atoms with Gasteiger partial charge in [0.15, 0.2) is 13.2 Å². The highest BCUT2D eigenvalue weighted by molar-refractivity contribution is 5.94. The molecule has 1 aliphatic rings. The van der Waals surface area contributed by atoms with Crippen LogP contribution in [0.25, 0.3) is 0 Å². The molecule has 0 saturated carbocycles. The van der Waals surface area contributed by atoms with Crippen LogP contribution in [-0.2, 0) is 27.2 Å². The first-order valence-electron chi connectivity index (χ1n) is 9.20. The lowest BCUT2D eigenvalue weighted by Crippen LogP contribution is -2.24. The number of amides is 1. The van der Waals surface area contributed by atoms with E-state index >= 15 is 0 Å². The monoisotopic (exact) mass is 367 g/mol. The summed E-state index contributed by atoms with van der Waals surface area (Å²) < 4.78 is 10.5. The highest BCUT2D eigenvalue weighted by atomic mass is 16.6. The number of ether oxygens (including phenoxy) is 2. The molecule has 2 aromatic rings. The fourth-order valence-electron chi connectivity index (χ4n) is 3.52. The first-order valence-corrected chi connectivity index (χ1v) is 9.20. The number of hydrogen-bond acceptors (Lipinski definition) is 4. The average molecular weight is 367 g/mol. The molecule has 27 heavy (non-hydrogen) atoms. The van der Waals surface area contributed by atoms with Crippen LogP contribution in [0, 0.1) is 20.8 Å². The van der Waals surface area contributed by atoms with Crippen molar-refractivity contribution in [3.05, 3.63) is 58.1 Å². The smallest absolute Gasteiger partial charge is 0.344 e. The summed E-state index contributed by atoms with van der Waals surface area (Å²) in [5.74, 6) is -0.276. The number of esters is 1. The maximum Gasteiger partial charge on any atom is 0.344 e. The Morgan fingerprint density at radius 2 is 1.67 bits per heavy atom. The molecular weight excluding hydrogens is 342 g/mol. The van der Waals surface area contributed by atoms with E-state index in [1.54, 1.807) is 0 Å². The van der Waals surface area contributed by atoms with E-state index < -0.39 is 5.97 Å². The molecule has 1 N–H and O–H groups in total. The van der Waals surface area contributed by atoms with Crippen molar-refractivity contribution in [2.45, 2.75) is 40.0 Å². The second-order valence-electron chi connectivity index (χ2n) is 7.06. The van der Waals surface area contributed by atoms with Gasteiger partial charge in [-0.2, -0.15) is 0 Å². The molecule has 0 unspecified atom stereocenters. The number of fused-ring (bicyclic) bond motifs is 1. The Morgan fingerprint density at radius 1 is 0.963 bits per heavy atom. The van der Waals surface area contributed by atoms with Gasteiger partial charge >= 0.3 is 5.97 Å². The van der Waals surface area contributed by atoms with E-state index in [1.807, 2.05) is 51.1 Å². The van der Waals surface area contributed by atoms with Gasteiger partial charge in [-0.15, -0.1) is 0 Å². The van der Waals surface area contributed by atoms with Gasteiger partial charge in [-0.25, -0.2) is 4.79 Å². The molecule has 5 nitrogen and oxygen atoms in total. The summed E-state index contributed by atoms with van der Waals surface area (Å²) in [7, 11) is 0. The molecule has 0 aliphatic heterocycles. The Kier molecular flexibility index (Phi) is 5.79. The normalized spacial score (nSPS) is 12.4. The van der Waals surface area contributed by atoms with E-state index in [1.165, 1.54) is 11.1 Å². The minimum atomic E-state index is -0.567. The summed E-state index contributed by atoms with van der Waals surface area (Å²) in [5, 5.41) is 2.81. The third-order valence-electron chi connectivity index (χ3n) is 4.73. The van der Waals surface area contributed by atoms with E-state index in [0.717, 1.165) is 41.6 Å². The first-order chi connectivity index (χ1) is 12.9. The minimum absolute atomic E-state index is 0.214. The Morgan fingerprint density at radius 3 is 2.41 bits per heavy atom. The van der Waals surface area contributed by atoms with Crippen molar-refractivity contribution in [2.75, 3.05) is 18.5 Å². The summed E-state index contributed by atoms with van der Waals surface area (Å²) in [6.07, 6.45) is 3.32. The number of anilines is 1. The molecule has 0 spiro atoms. The summed E-state index contributed by atoms with van der Waals surface area (Å²) >= 11 is 0. The third-order valence-corrected chi connectivity index (χ3v) is 4.73.